The highest BCUT2D eigenvalue weighted by Gasteiger charge is 2.40. The molecular formula is C24H32ClF3O4. The predicted octanol–water partition coefficient (Wildman–Crippen LogP) is 5.90. The van der Waals surface area contributed by atoms with E-state index in [2.05, 4.69) is 0 Å². The van der Waals surface area contributed by atoms with Crippen molar-refractivity contribution in [3.63, 3.8) is 0 Å². The van der Waals surface area contributed by atoms with Gasteiger partial charge in [0.2, 0.25) is 0 Å². The van der Waals surface area contributed by atoms with Gasteiger partial charge in [-0.25, -0.2) is 0 Å². The summed E-state index contributed by atoms with van der Waals surface area (Å²) >= 11 is 6.43. The topological polar surface area (TPSA) is 55.8 Å². The highest BCUT2D eigenvalue weighted by molar-refractivity contribution is 6.21. The maximum absolute atomic E-state index is 12.8. The van der Waals surface area contributed by atoms with Crippen LogP contribution < -0.4 is 0 Å². The molecule has 0 unspecified atom stereocenters. The summed E-state index contributed by atoms with van der Waals surface area (Å²) in [5.74, 6) is -0.353. The maximum Gasteiger partial charge on any atom is 0.416 e. The number of hydrogen-bond acceptors (Lipinski definition) is 4. The first kappa shape index (κ1) is 26.7. The Hall–Kier alpha value is -1.57. The molecular weight excluding hydrogens is 445 g/mol. The van der Waals surface area contributed by atoms with Crippen molar-refractivity contribution in [3.8, 4) is 0 Å². The highest BCUT2D eigenvalue weighted by Crippen LogP contribution is 2.39. The molecule has 4 atom stereocenters. The maximum atomic E-state index is 12.8. The van der Waals surface area contributed by atoms with Gasteiger partial charge in [-0.2, -0.15) is 13.2 Å². The van der Waals surface area contributed by atoms with E-state index in [0.29, 0.717) is 37.9 Å². The monoisotopic (exact) mass is 476 g/mol. The summed E-state index contributed by atoms with van der Waals surface area (Å²) in [5, 5.41) is 10.2. The third kappa shape index (κ3) is 8.75. The van der Waals surface area contributed by atoms with E-state index in [9.17, 15) is 23.1 Å². The van der Waals surface area contributed by atoms with Gasteiger partial charge in [-0.05, 0) is 55.7 Å². The molecule has 1 N–H and O–H groups in total. The number of carbonyl (C=O) groups is 1. The largest absolute Gasteiger partial charge is 0.466 e. The van der Waals surface area contributed by atoms with E-state index in [1.165, 1.54) is 6.07 Å². The normalized spacial score (nSPS) is 23.7. The Bertz CT molecular complexity index is 738. The van der Waals surface area contributed by atoms with Crippen molar-refractivity contribution in [2.45, 2.75) is 69.7 Å². The van der Waals surface area contributed by atoms with Gasteiger partial charge in [-0.1, -0.05) is 31.2 Å². The van der Waals surface area contributed by atoms with Crippen LogP contribution >= 0.6 is 11.6 Å². The first-order valence-corrected chi connectivity index (χ1v) is 11.5. The molecule has 32 heavy (non-hydrogen) atoms. The number of esters is 1. The van der Waals surface area contributed by atoms with Gasteiger partial charge >= 0.3 is 12.1 Å². The number of aliphatic hydroxyl groups excluding tert-OH is 1. The third-order valence-corrected chi connectivity index (χ3v) is 6.10. The molecule has 4 nitrogen and oxygen atoms in total. The van der Waals surface area contributed by atoms with Crippen molar-refractivity contribution in [2.75, 3.05) is 13.2 Å². The summed E-state index contributed by atoms with van der Waals surface area (Å²) in [7, 11) is 0. The van der Waals surface area contributed by atoms with Gasteiger partial charge in [-0.3, -0.25) is 4.79 Å². The fourth-order valence-electron chi connectivity index (χ4n) is 3.86. The quantitative estimate of drug-likeness (QED) is 0.177. The van der Waals surface area contributed by atoms with Gasteiger partial charge in [0.25, 0.3) is 0 Å². The van der Waals surface area contributed by atoms with Crippen LogP contribution in [0.25, 0.3) is 0 Å². The second kappa shape index (κ2) is 13.2. The average Bonchev–Trinajstić information content (AvgIpc) is 3.01. The van der Waals surface area contributed by atoms with Crippen molar-refractivity contribution in [3.05, 3.63) is 47.5 Å². The van der Waals surface area contributed by atoms with Crippen LogP contribution in [0.15, 0.2) is 36.4 Å². The van der Waals surface area contributed by atoms with Crippen LogP contribution in [-0.2, 0) is 27.1 Å². The molecule has 0 aliphatic heterocycles. The molecule has 1 saturated carbocycles. The molecule has 1 aliphatic carbocycles. The van der Waals surface area contributed by atoms with Crippen molar-refractivity contribution >= 4 is 17.6 Å². The number of unbranched alkanes of at least 4 members (excludes halogenated alkanes) is 1. The van der Waals surface area contributed by atoms with E-state index < -0.39 is 17.8 Å². The lowest BCUT2D eigenvalue weighted by Gasteiger charge is -2.22. The number of carbonyl (C=O) groups excluding carboxylic acids is 1. The fourth-order valence-corrected chi connectivity index (χ4v) is 4.34. The number of allylic oxidation sites excluding steroid dienone is 2. The van der Waals surface area contributed by atoms with Crippen LogP contribution in [0.4, 0.5) is 13.2 Å². The van der Waals surface area contributed by atoms with Gasteiger partial charge in [-0.15, -0.1) is 11.6 Å². The Labute approximate surface area is 192 Å². The second-order valence-electron chi connectivity index (χ2n) is 8.18. The molecule has 180 valence electrons. The Morgan fingerprint density at radius 2 is 2.06 bits per heavy atom. The van der Waals surface area contributed by atoms with E-state index in [4.69, 9.17) is 21.1 Å². The predicted molar refractivity (Wildman–Crippen MR) is 117 cm³/mol. The van der Waals surface area contributed by atoms with Crippen molar-refractivity contribution in [2.24, 2.45) is 11.8 Å². The van der Waals surface area contributed by atoms with Crippen LogP contribution in [0, 0.1) is 11.8 Å². The van der Waals surface area contributed by atoms with Crippen LogP contribution in [0.3, 0.4) is 0 Å². The number of halogens is 4. The standard InChI is InChI=1S/C24H32ClF3O4/c1-2-12-32-23(30)11-6-4-3-5-10-19-20(22(29)14-21(19)25)16-31-15-17-8-7-9-18(13-17)24(26,27)28/h3,5,7-9,13,19-22,29H,2,4,6,10-12,14-16H2,1H3/b5-3-/t19-,20-,21-,22-/m1/s1. The summed E-state index contributed by atoms with van der Waals surface area (Å²) in [5.41, 5.74) is -0.273. The van der Waals surface area contributed by atoms with Crippen molar-refractivity contribution in [1.29, 1.82) is 0 Å². The van der Waals surface area contributed by atoms with E-state index >= 15 is 0 Å². The summed E-state index contributed by atoms with van der Waals surface area (Å²) in [6, 6.07) is 5.05. The lowest BCUT2D eigenvalue weighted by atomic mass is 9.92. The number of alkyl halides is 4. The van der Waals surface area contributed by atoms with Gasteiger partial charge in [0.05, 0.1) is 31.5 Å². The molecule has 1 aromatic carbocycles. The van der Waals surface area contributed by atoms with Crippen molar-refractivity contribution in [1.82, 2.24) is 0 Å². The average molecular weight is 477 g/mol. The smallest absolute Gasteiger partial charge is 0.416 e. The number of hydrogen-bond donors (Lipinski definition) is 1. The zero-order chi connectivity index (χ0) is 23.6. The van der Waals surface area contributed by atoms with Gasteiger partial charge in [0.15, 0.2) is 0 Å². The minimum absolute atomic E-state index is 0.0129. The zero-order valence-electron chi connectivity index (χ0n) is 18.3. The number of aliphatic hydroxyl groups is 1. The fraction of sp³-hybridized carbons (Fsp3) is 0.625. The summed E-state index contributed by atoms with van der Waals surface area (Å²) in [4.78, 5) is 11.5. The van der Waals surface area contributed by atoms with Gasteiger partial charge in [0.1, 0.15) is 0 Å². The first-order chi connectivity index (χ1) is 15.2. The molecule has 1 aromatic rings. The third-order valence-electron chi connectivity index (χ3n) is 5.60. The molecule has 0 radical (unpaired) electrons. The minimum atomic E-state index is -4.39. The SMILES string of the molecule is CCCOC(=O)CCC/C=C\C[C@@H]1[C@@H](COCc2cccc(C(F)(F)F)c2)[C@H](O)C[C@H]1Cl. The Balaban J connectivity index is 1.77. The van der Waals surface area contributed by atoms with Crippen LogP contribution in [-0.4, -0.2) is 35.8 Å². The molecule has 0 bridgehead atoms. The molecule has 8 heteroatoms. The van der Waals surface area contributed by atoms with E-state index in [1.54, 1.807) is 6.07 Å². The first-order valence-electron chi connectivity index (χ1n) is 11.1. The molecule has 1 aliphatic rings. The van der Waals surface area contributed by atoms with Gasteiger partial charge in [0, 0.05) is 17.7 Å². The summed E-state index contributed by atoms with van der Waals surface area (Å²) in [6.07, 6.45) is 2.80. The summed E-state index contributed by atoms with van der Waals surface area (Å²) in [6.45, 7) is 2.66. The van der Waals surface area contributed by atoms with Crippen LogP contribution in [0.1, 0.15) is 56.6 Å². The molecule has 0 spiro atoms. The highest BCUT2D eigenvalue weighted by atomic mass is 35.5. The Morgan fingerprint density at radius 1 is 1.28 bits per heavy atom. The molecule has 0 amide bonds. The molecule has 2 rings (SSSR count). The number of ether oxygens (including phenoxy) is 2. The number of benzene rings is 1. The molecule has 1 fully saturated rings. The second-order valence-corrected chi connectivity index (χ2v) is 8.74. The molecule has 0 aromatic heterocycles. The van der Waals surface area contributed by atoms with Crippen LogP contribution in [0.2, 0.25) is 0 Å². The number of rotatable bonds is 12. The van der Waals surface area contributed by atoms with Gasteiger partial charge < -0.3 is 14.6 Å². The van der Waals surface area contributed by atoms with E-state index in [-0.39, 0.29) is 36.4 Å². The van der Waals surface area contributed by atoms with Crippen LogP contribution in [0.5, 0.6) is 0 Å². The van der Waals surface area contributed by atoms with Crippen molar-refractivity contribution < 1.29 is 32.5 Å². The molecule has 0 heterocycles. The zero-order valence-corrected chi connectivity index (χ0v) is 19.1. The lowest BCUT2D eigenvalue weighted by molar-refractivity contribution is -0.143. The molecule has 0 saturated heterocycles. The summed E-state index contributed by atoms with van der Waals surface area (Å²) < 4.78 is 49.2. The van der Waals surface area contributed by atoms with E-state index in [0.717, 1.165) is 25.0 Å². The van der Waals surface area contributed by atoms with E-state index in [1.807, 2.05) is 19.1 Å². The Kier molecular flexibility index (Phi) is 11.0. The minimum Gasteiger partial charge on any atom is -0.466 e. The Morgan fingerprint density at radius 3 is 2.78 bits per heavy atom. The lowest BCUT2D eigenvalue weighted by Crippen LogP contribution is -2.25.